The fourth-order valence-electron chi connectivity index (χ4n) is 1.30. The second kappa shape index (κ2) is 5.29. The van der Waals surface area contributed by atoms with Crippen LogP contribution in [0.5, 0.6) is 0 Å². The third-order valence-corrected chi connectivity index (χ3v) is 2.93. The molecule has 2 rings (SSSR count). The van der Waals surface area contributed by atoms with Gasteiger partial charge in [-0.15, -0.1) is 11.3 Å². The maximum Gasteiger partial charge on any atom is 0.193 e. The first-order valence-corrected chi connectivity index (χ1v) is 5.78. The fourth-order valence-corrected chi connectivity index (χ4v) is 2.13. The number of thiophene rings is 1. The van der Waals surface area contributed by atoms with Crippen LogP contribution in [0.2, 0.25) is 0 Å². The van der Waals surface area contributed by atoms with Crippen molar-refractivity contribution < 1.29 is 9.47 Å². The second-order valence-corrected chi connectivity index (χ2v) is 4.09. The molecule has 1 aromatic heterocycles. The summed E-state index contributed by atoms with van der Waals surface area (Å²) < 4.78 is 10.8. The summed E-state index contributed by atoms with van der Waals surface area (Å²) in [7, 11) is 0. The van der Waals surface area contributed by atoms with E-state index in [2.05, 4.69) is 11.8 Å². The summed E-state index contributed by atoms with van der Waals surface area (Å²) in [5, 5.41) is 2.02. The molecular weight excluding hydrogens is 210 g/mol. The Hall–Kier alpha value is -0.860. The molecular formula is C11H13NO2S. The van der Waals surface area contributed by atoms with Gasteiger partial charge in [-0.2, -0.15) is 0 Å². The normalized spacial score (nSPS) is 16.3. The van der Waals surface area contributed by atoms with Crippen molar-refractivity contribution in [2.45, 2.75) is 12.7 Å². The standard InChI is InChI=1S/C11H13NO2S/c12-4-2-1-3-9-7-10(15-8-9)11-13-5-6-14-11/h7-8,11H,2,4-6,12H2. The molecule has 80 valence electrons. The first-order valence-electron chi connectivity index (χ1n) is 4.91. The minimum Gasteiger partial charge on any atom is -0.345 e. The highest BCUT2D eigenvalue weighted by molar-refractivity contribution is 7.10. The van der Waals surface area contributed by atoms with Gasteiger partial charge in [-0.05, 0) is 6.07 Å². The van der Waals surface area contributed by atoms with E-state index in [1.807, 2.05) is 11.4 Å². The van der Waals surface area contributed by atoms with Gasteiger partial charge in [0.05, 0.1) is 18.1 Å². The van der Waals surface area contributed by atoms with Gasteiger partial charge in [0, 0.05) is 23.9 Å². The zero-order valence-electron chi connectivity index (χ0n) is 8.36. The van der Waals surface area contributed by atoms with E-state index >= 15 is 0 Å². The quantitative estimate of drug-likeness (QED) is 0.773. The van der Waals surface area contributed by atoms with E-state index in [-0.39, 0.29) is 6.29 Å². The average molecular weight is 223 g/mol. The third kappa shape index (κ3) is 2.80. The van der Waals surface area contributed by atoms with E-state index in [1.165, 1.54) is 0 Å². The maximum absolute atomic E-state index is 5.40. The Morgan fingerprint density at radius 3 is 3.00 bits per heavy atom. The van der Waals surface area contributed by atoms with Crippen LogP contribution in [-0.4, -0.2) is 19.8 Å². The lowest BCUT2D eigenvalue weighted by Crippen LogP contribution is -1.95. The molecule has 15 heavy (non-hydrogen) atoms. The lowest BCUT2D eigenvalue weighted by atomic mass is 10.3. The van der Waals surface area contributed by atoms with Gasteiger partial charge in [0.1, 0.15) is 0 Å². The van der Waals surface area contributed by atoms with Crippen LogP contribution in [0.4, 0.5) is 0 Å². The summed E-state index contributed by atoms with van der Waals surface area (Å²) in [6.07, 6.45) is 0.557. The zero-order valence-corrected chi connectivity index (χ0v) is 9.18. The van der Waals surface area contributed by atoms with Gasteiger partial charge in [0.25, 0.3) is 0 Å². The Kier molecular flexibility index (Phi) is 3.75. The predicted octanol–water partition coefficient (Wildman–Crippen LogP) is 1.49. The third-order valence-electron chi connectivity index (χ3n) is 1.98. The van der Waals surface area contributed by atoms with Crippen LogP contribution in [0, 0.1) is 11.8 Å². The van der Waals surface area contributed by atoms with Crippen LogP contribution in [0.3, 0.4) is 0 Å². The van der Waals surface area contributed by atoms with Crippen LogP contribution in [0.15, 0.2) is 11.4 Å². The minimum absolute atomic E-state index is 0.181. The molecule has 1 aliphatic rings. The molecule has 1 aromatic rings. The average Bonchev–Trinajstić information content (AvgIpc) is 2.87. The number of ether oxygens (including phenoxy) is 2. The van der Waals surface area contributed by atoms with Crippen LogP contribution < -0.4 is 5.73 Å². The number of rotatable bonds is 2. The van der Waals surface area contributed by atoms with Crippen molar-refractivity contribution in [1.82, 2.24) is 0 Å². The van der Waals surface area contributed by atoms with Gasteiger partial charge in [-0.25, -0.2) is 0 Å². The minimum atomic E-state index is -0.181. The Labute approximate surface area is 93.2 Å². The van der Waals surface area contributed by atoms with Gasteiger partial charge >= 0.3 is 0 Å². The molecule has 1 fully saturated rings. The summed E-state index contributed by atoms with van der Waals surface area (Å²) in [4.78, 5) is 1.09. The van der Waals surface area contributed by atoms with Crippen molar-refractivity contribution in [1.29, 1.82) is 0 Å². The topological polar surface area (TPSA) is 44.5 Å². The number of hydrogen-bond donors (Lipinski definition) is 1. The van der Waals surface area contributed by atoms with Crippen LogP contribution in [-0.2, 0) is 9.47 Å². The highest BCUT2D eigenvalue weighted by Gasteiger charge is 2.19. The van der Waals surface area contributed by atoms with Crippen molar-refractivity contribution in [3.63, 3.8) is 0 Å². The van der Waals surface area contributed by atoms with Crippen molar-refractivity contribution in [2.75, 3.05) is 19.8 Å². The van der Waals surface area contributed by atoms with Crippen LogP contribution in [0.1, 0.15) is 23.2 Å². The predicted molar refractivity (Wildman–Crippen MR) is 59.5 cm³/mol. The molecule has 0 bridgehead atoms. The Balaban J connectivity index is 2.01. The molecule has 1 aliphatic heterocycles. The molecule has 2 heterocycles. The summed E-state index contributed by atoms with van der Waals surface area (Å²) in [6.45, 7) is 1.96. The highest BCUT2D eigenvalue weighted by Crippen LogP contribution is 2.28. The largest absolute Gasteiger partial charge is 0.345 e. The van der Waals surface area contributed by atoms with Crippen LogP contribution >= 0.6 is 11.3 Å². The van der Waals surface area contributed by atoms with E-state index in [1.54, 1.807) is 11.3 Å². The van der Waals surface area contributed by atoms with Gasteiger partial charge in [-0.1, -0.05) is 11.8 Å². The molecule has 2 N–H and O–H groups in total. The van der Waals surface area contributed by atoms with E-state index in [9.17, 15) is 0 Å². The second-order valence-electron chi connectivity index (χ2n) is 3.15. The molecule has 0 aromatic carbocycles. The van der Waals surface area contributed by atoms with Crippen molar-refractivity contribution >= 4 is 11.3 Å². The molecule has 0 aliphatic carbocycles. The fraction of sp³-hybridized carbons (Fsp3) is 0.455. The number of hydrogen-bond acceptors (Lipinski definition) is 4. The molecule has 0 spiro atoms. The molecule has 0 radical (unpaired) electrons. The lowest BCUT2D eigenvalue weighted by molar-refractivity contribution is -0.0413. The van der Waals surface area contributed by atoms with E-state index in [0.29, 0.717) is 19.8 Å². The summed E-state index contributed by atoms with van der Waals surface area (Å²) in [6, 6.07) is 2.02. The Morgan fingerprint density at radius 1 is 1.47 bits per heavy atom. The van der Waals surface area contributed by atoms with E-state index in [0.717, 1.165) is 16.9 Å². The highest BCUT2D eigenvalue weighted by atomic mass is 32.1. The molecule has 0 saturated carbocycles. The van der Waals surface area contributed by atoms with Gasteiger partial charge in [-0.3, -0.25) is 0 Å². The maximum atomic E-state index is 5.40. The summed E-state index contributed by atoms with van der Waals surface area (Å²) >= 11 is 1.62. The van der Waals surface area contributed by atoms with Crippen molar-refractivity contribution in [3.8, 4) is 11.8 Å². The monoisotopic (exact) mass is 223 g/mol. The first-order chi connectivity index (χ1) is 7.40. The van der Waals surface area contributed by atoms with Crippen molar-refractivity contribution in [3.05, 3.63) is 21.9 Å². The molecule has 0 amide bonds. The smallest absolute Gasteiger partial charge is 0.193 e. The molecule has 0 unspecified atom stereocenters. The van der Waals surface area contributed by atoms with E-state index < -0.39 is 0 Å². The van der Waals surface area contributed by atoms with Gasteiger partial charge in [0.2, 0.25) is 0 Å². The lowest BCUT2D eigenvalue weighted by Gasteiger charge is -2.03. The van der Waals surface area contributed by atoms with Gasteiger partial charge < -0.3 is 15.2 Å². The summed E-state index contributed by atoms with van der Waals surface area (Å²) in [5.74, 6) is 6.06. The molecule has 3 nitrogen and oxygen atoms in total. The van der Waals surface area contributed by atoms with Crippen LogP contribution in [0.25, 0.3) is 0 Å². The number of nitrogens with two attached hydrogens (primary N) is 1. The Bertz CT molecular complexity index is 371. The molecule has 4 heteroatoms. The van der Waals surface area contributed by atoms with Crippen molar-refractivity contribution in [2.24, 2.45) is 5.73 Å². The van der Waals surface area contributed by atoms with Gasteiger partial charge in [0.15, 0.2) is 6.29 Å². The Morgan fingerprint density at radius 2 is 2.27 bits per heavy atom. The molecule has 0 atom stereocenters. The van der Waals surface area contributed by atoms with E-state index in [4.69, 9.17) is 15.2 Å². The summed E-state index contributed by atoms with van der Waals surface area (Å²) in [5.41, 5.74) is 6.37. The molecule has 1 saturated heterocycles. The first kappa shape index (κ1) is 10.7. The zero-order chi connectivity index (χ0) is 10.5. The SMILES string of the molecule is NCCC#Cc1csc(C2OCCO2)c1.